The zero-order chi connectivity index (χ0) is 13.4. The molecular weight excluding hydrogens is 353 g/mol. The van der Waals surface area contributed by atoms with Crippen molar-refractivity contribution in [3.63, 3.8) is 0 Å². The molecule has 5 heteroatoms. The molecule has 1 rings (SSSR count). The van der Waals surface area contributed by atoms with Gasteiger partial charge in [-0.25, -0.2) is 0 Å². The number of ether oxygens (including phenoxy) is 1. The van der Waals surface area contributed by atoms with Crippen molar-refractivity contribution < 1.29 is 4.74 Å². The van der Waals surface area contributed by atoms with Crippen molar-refractivity contribution in [2.45, 2.75) is 6.54 Å². The van der Waals surface area contributed by atoms with Crippen LogP contribution in [0.25, 0.3) is 0 Å². The summed E-state index contributed by atoms with van der Waals surface area (Å²) in [4.78, 5) is 6.28. The molecule has 0 saturated heterocycles. The molecule has 0 bridgehead atoms. The van der Waals surface area contributed by atoms with Gasteiger partial charge < -0.3 is 15.0 Å². The van der Waals surface area contributed by atoms with Gasteiger partial charge in [0.25, 0.3) is 0 Å². The molecule has 0 atom stereocenters. The fourth-order valence-electron chi connectivity index (χ4n) is 1.63. The first-order chi connectivity index (χ1) is 8.71. The number of benzene rings is 1. The molecule has 0 heterocycles. The van der Waals surface area contributed by atoms with Crippen LogP contribution in [0.1, 0.15) is 5.56 Å². The van der Waals surface area contributed by atoms with Crippen LogP contribution in [-0.2, 0) is 6.54 Å². The van der Waals surface area contributed by atoms with Crippen LogP contribution in [0.5, 0.6) is 5.75 Å². The van der Waals surface area contributed by atoms with Crippen molar-refractivity contribution in [1.82, 2.24) is 10.2 Å². The van der Waals surface area contributed by atoms with Gasteiger partial charge in [0.05, 0.1) is 7.11 Å². The Kier molecular flexibility index (Phi) is 9.03. The van der Waals surface area contributed by atoms with E-state index in [1.54, 1.807) is 14.2 Å². The monoisotopic (exact) mass is 375 g/mol. The summed E-state index contributed by atoms with van der Waals surface area (Å²) < 4.78 is 5.14. The van der Waals surface area contributed by atoms with E-state index in [1.807, 2.05) is 25.3 Å². The van der Waals surface area contributed by atoms with Crippen molar-refractivity contribution in [1.29, 1.82) is 0 Å². The summed E-state index contributed by atoms with van der Waals surface area (Å²) in [5, 5.41) is 3.19. The fourth-order valence-corrected chi connectivity index (χ4v) is 1.63. The largest absolute Gasteiger partial charge is 0.497 e. The summed E-state index contributed by atoms with van der Waals surface area (Å²) in [5.74, 6) is 1.72. The lowest BCUT2D eigenvalue weighted by molar-refractivity contribution is 0.414. The summed E-state index contributed by atoms with van der Waals surface area (Å²) in [5.41, 5.74) is 1.21. The first-order valence-corrected chi connectivity index (χ1v) is 5.87. The minimum atomic E-state index is 0. The summed E-state index contributed by atoms with van der Waals surface area (Å²) >= 11 is 0. The van der Waals surface area contributed by atoms with Crippen LogP contribution in [0.2, 0.25) is 0 Å². The van der Waals surface area contributed by atoms with Gasteiger partial charge in [-0.2, -0.15) is 0 Å². The predicted octanol–water partition coefficient (Wildman–Crippen LogP) is 2.51. The average Bonchev–Trinajstić information content (AvgIpc) is 2.40. The first kappa shape index (κ1) is 17.8. The molecule has 106 valence electrons. The van der Waals surface area contributed by atoms with Crippen LogP contribution in [0, 0.1) is 0 Å². The van der Waals surface area contributed by atoms with Crippen molar-refractivity contribution in [3.8, 4) is 5.75 Å². The second kappa shape index (κ2) is 9.66. The minimum absolute atomic E-state index is 0. The maximum absolute atomic E-state index is 5.14. The standard InChI is InChI=1S/C14H21N3O.HI/c1-5-10-16-14(15-2)17(3)11-12-6-8-13(18-4)9-7-12;/h5-9H,1,10-11H2,2-4H3,(H,15,16);1H. The predicted molar refractivity (Wildman–Crippen MR) is 91.4 cm³/mol. The van der Waals surface area contributed by atoms with E-state index >= 15 is 0 Å². The fraction of sp³-hybridized carbons (Fsp3) is 0.357. The Balaban J connectivity index is 0.00000324. The zero-order valence-corrected chi connectivity index (χ0v) is 14.0. The Hall–Kier alpha value is -1.24. The van der Waals surface area contributed by atoms with Gasteiger partial charge in [0.1, 0.15) is 5.75 Å². The Morgan fingerprint density at radius 3 is 2.53 bits per heavy atom. The number of nitrogens with one attached hydrogen (secondary N) is 1. The molecule has 0 radical (unpaired) electrons. The molecule has 0 saturated carbocycles. The molecule has 4 nitrogen and oxygen atoms in total. The van der Waals surface area contributed by atoms with Crippen LogP contribution in [0.3, 0.4) is 0 Å². The summed E-state index contributed by atoms with van der Waals surface area (Å²) in [6.07, 6.45) is 1.81. The third-order valence-corrected chi connectivity index (χ3v) is 2.56. The molecule has 0 unspecified atom stereocenters. The number of rotatable bonds is 5. The van der Waals surface area contributed by atoms with E-state index in [0.717, 1.165) is 18.3 Å². The van der Waals surface area contributed by atoms with Crippen molar-refractivity contribution >= 4 is 29.9 Å². The molecule has 1 aromatic rings. The molecular formula is C14H22IN3O. The van der Waals surface area contributed by atoms with E-state index < -0.39 is 0 Å². The molecule has 1 aromatic carbocycles. The second-order valence-electron chi connectivity index (χ2n) is 3.92. The van der Waals surface area contributed by atoms with Crippen molar-refractivity contribution in [2.75, 3.05) is 27.7 Å². The number of hydrogen-bond acceptors (Lipinski definition) is 2. The van der Waals surface area contributed by atoms with Gasteiger partial charge >= 0.3 is 0 Å². The zero-order valence-electron chi connectivity index (χ0n) is 11.7. The third-order valence-electron chi connectivity index (χ3n) is 2.56. The van der Waals surface area contributed by atoms with Crippen molar-refractivity contribution in [2.24, 2.45) is 4.99 Å². The minimum Gasteiger partial charge on any atom is -0.497 e. The number of halogens is 1. The van der Waals surface area contributed by atoms with E-state index in [4.69, 9.17) is 4.74 Å². The molecule has 0 spiro atoms. The highest BCUT2D eigenvalue weighted by molar-refractivity contribution is 14.0. The topological polar surface area (TPSA) is 36.9 Å². The number of nitrogens with zero attached hydrogens (tertiary/aromatic N) is 2. The number of aliphatic imine (C=N–C) groups is 1. The van der Waals surface area contributed by atoms with Gasteiger partial charge in [0.2, 0.25) is 0 Å². The molecule has 0 aliphatic rings. The highest BCUT2D eigenvalue weighted by Gasteiger charge is 2.05. The highest BCUT2D eigenvalue weighted by Crippen LogP contribution is 2.12. The Labute approximate surface area is 132 Å². The highest BCUT2D eigenvalue weighted by atomic mass is 127. The molecule has 0 aromatic heterocycles. The van der Waals surface area contributed by atoms with Gasteiger partial charge in [-0.3, -0.25) is 4.99 Å². The van der Waals surface area contributed by atoms with Crippen LogP contribution in [0.15, 0.2) is 41.9 Å². The van der Waals surface area contributed by atoms with Gasteiger partial charge in [-0.05, 0) is 17.7 Å². The van der Waals surface area contributed by atoms with Gasteiger partial charge in [-0.15, -0.1) is 30.6 Å². The summed E-state index contributed by atoms with van der Waals surface area (Å²) in [6.45, 7) is 5.18. The lowest BCUT2D eigenvalue weighted by Crippen LogP contribution is -2.38. The van der Waals surface area contributed by atoms with E-state index in [0.29, 0.717) is 6.54 Å². The smallest absolute Gasteiger partial charge is 0.193 e. The van der Waals surface area contributed by atoms with Gasteiger partial charge in [0, 0.05) is 27.2 Å². The van der Waals surface area contributed by atoms with Crippen LogP contribution >= 0.6 is 24.0 Å². The summed E-state index contributed by atoms with van der Waals surface area (Å²) in [7, 11) is 5.45. The Morgan fingerprint density at radius 1 is 1.42 bits per heavy atom. The van der Waals surface area contributed by atoms with E-state index in [2.05, 4.69) is 33.9 Å². The van der Waals surface area contributed by atoms with Crippen molar-refractivity contribution in [3.05, 3.63) is 42.5 Å². The maximum atomic E-state index is 5.14. The normalized spacial score (nSPS) is 10.4. The quantitative estimate of drug-likeness (QED) is 0.372. The molecule has 0 aliphatic heterocycles. The van der Waals surface area contributed by atoms with Gasteiger partial charge in [-0.1, -0.05) is 18.2 Å². The van der Waals surface area contributed by atoms with Crippen LogP contribution in [-0.4, -0.2) is 38.6 Å². The lowest BCUT2D eigenvalue weighted by atomic mass is 10.2. The Morgan fingerprint density at radius 2 is 2.05 bits per heavy atom. The van der Waals surface area contributed by atoms with E-state index in [9.17, 15) is 0 Å². The van der Waals surface area contributed by atoms with Crippen LogP contribution < -0.4 is 10.1 Å². The van der Waals surface area contributed by atoms with Crippen LogP contribution in [0.4, 0.5) is 0 Å². The Bertz CT molecular complexity index is 404. The van der Waals surface area contributed by atoms with Gasteiger partial charge in [0.15, 0.2) is 5.96 Å². The molecule has 0 fully saturated rings. The van der Waals surface area contributed by atoms with E-state index in [1.165, 1.54) is 5.56 Å². The molecule has 0 aliphatic carbocycles. The first-order valence-electron chi connectivity index (χ1n) is 5.87. The SMILES string of the molecule is C=CCNC(=NC)N(C)Cc1ccc(OC)cc1.I. The third kappa shape index (κ3) is 5.96. The number of methoxy groups -OCH3 is 1. The number of hydrogen-bond donors (Lipinski definition) is 1. The average molecular weight is 375 g/mol. The summed E-state index contributed by atoms with van der Waals surface area (Å²) in [6, 6.07) is 8.03. The molecule has 19 heavy (non-hydrogen) atoms. The lowest BCUT2D eigenvalue weighted by Gasteiger charge is -2.21. The maximum Gasteiger partial charge on any atom is 0.193 e. The van der Waals surface area contributed by atoms with E-state index in [-0.39, 0.29) is 24.0 Å². The second-order valence-corrected chi connectivity index (χ2v) is 3.92. The molecule has 0 amide bonds. The number of guanidine groups is 1. The molecule has 1 N–H and O–H groups in total.